The van der Waals surface area contributed by atoms with Crippen LogP contribution in [0.25, 0.3) is 0 Å². The molecule has 2 rings (SSSR count). The number of aromatic nitrogens is 2. The lowest BCUT2D eigenvalue weighted by atomic mass is 10.2. The number of aliphatic hydroxyl groups excluding tert-OH is 1. The maximum absolute atomic E-state index is 9.25. The molecule has 19 heavy (non-hydrogen) atoms. The zero-order valence-corrected chi connectivity index (χ0v) is 11.7. The quantitative estimate of drug-likeness (QED) is 0.492. The molecule has 7 heteroatoms. The minimum atomic E-state index is 0.132. The van der Waals surface area contributed by atoms with Crippen molar-refractivity contribution < 1.29 is 5.11 Å². The molecule has 2 atom stereocenters. The Morgan fingerprint density at radius 1 is 1.63 bits per heavy atom. The van der Waals surface area contributed by atoms with E-state index < -0.39 is 0 Å². The normalized spacial score (nSPS) is 24.9. The Morgan fingerprint density at radius 3 is 2.95 bits per heavy atom. The summed E-state index contributed by atoms with van der Waals surface area (Å²) in [4.78, 5) is 6.68. The van der Waals surface area contributed by atoms with Crippen LogP contribution in [0.4, 0.5) is 5.82 Å². The highest BCUT2D eigenvalue weighted by atomic mass is 16.3. The molecule has 1 aromatic heterocycles. The molecule has 0 saturated carbocycles. The van der Waals surface area contributed by atoms with E-state index in [1.165, 1.54) is 0 Å². The monoisotopic (exact) mass is 266 g/mol. The third-order valence-corrected chi connectivity index (χ3v) is 3.65. The van der Waals surface area contributed by atoms with Crippen molar-refractivity contribution in [2.75, 3.05) is 32.6 Å². The lowest BCUT2D eigenvalue weighted by Crippen LogP contribution is -2.28. The molecule has 1 fully saturated rings. The number of hydrogen-bond acceptors (Lipinski definition) is 5. The summed E-state index contributed by atoms with van der Waals surface area (Å²) < 4.78 is 1.73. The van der Waals surface area contributed by atoms with Crippen molar-refractivity contribution in [2.24, 2.45) is 17.8 Å². The number of aliphatic imine (C=N–C) groups is 1. The first-order valence-corrected chi connectivity index (χ1v) is 6.41. The summed E-state index contributed by atoms with van der Waals surface area (Å²) in [5.74, 6) is 1.35. The van der Waals surface area contributed by atoms with Gasteiger partial charge in [0.05, 0.1) is 24.4 Å². The van der Waals surface area contributed by atoms with Crippen LogP contribution in [-0.2, 0) is 7.05 Å². The van der Waals surface area contributed by atoms with E-state index in [1.807, 2.05) is 21.1 Å². The number of nitrogens with zero attached hydrogens (tertiary/aromatic N) is 4. The summed E-state index contributed by atoms with van der Waals surface area (Å²) in [6, 6.07) is 0.311. The fourth-order valence-electron chi connectivity index (χ4n) is 2.55. The maximum atomic E-state index is 9.25. The Hall–Kier alpha value is -1.60. The van der Waals surface area contributed by atoms with Crippen molar-refractivity contribution >= 4 is 11.7 Å². The van der Waals surface area contributed by atoms with Crippen molar-refractivity contribution in [2.45, 2.75) is 18.5 Å². The molecule has 106 valence electrons. The number of nitrogens with two attached hydrogens (primary N) is 1. The highest BCUT2D eigenvalue weighted by Gasteiger charge is 2.29. The molecular formula is C12H22N6O. The van der Waals surface area contributed by atoms with Gasteiger partial charge in [-0.25, -0.2) is 0 Å². The Morgan fingerprint density at radius 2 is 2.37 bits per heavy atom. The molecule has 0 unspecified atom stereocenters. The van der Waals surface area contributed by atoms with E-state index in [0.29, 0.717) is 5.84 Å². The molecule has 1 aliphatic rings. The summed E-state index contributed by atoms with van der Waals surface area (Å²) >= 11 is 0. The molecule has 0 aliphatic carbocycles. The van der Waals surface area contributed by atoms with Gasteiger partial charge in [0.15, 0.2) is 0 Å². The summed E-state index contributed by atoms with van der Waals surface area (Å²) in [5, 5.41) is 16.5. The van der Waals surface area contributed by atoms with E-state index in [1.54, 1.807) is 10.9 Å². The van der Waals surface area contributed by atoms with Crippen LogP contribution in [0.2, 0.25) is 0 Å². The van der Waals surface area contributed by atoms with Gasteiger partial charge in [0.2, 0.25) is 0 Å². The van der Waals surface area contributed by atoms with E-state index in [2.05, 4.69) is 20.3 Å². The van der Waals surface area contributed by atoms with Crippen LogP contribution in [-0.4, -0.2) is 65.0 Å². The van der Waals surface area contributed by atoms with E-state index in [4.69, 9.17) is 5.73 Å². The van der Waals surface area contributed by atoms with Crippen LogP contribution in [0.5, 0.6) is 0 Å². The largest absolute Gasteiger partial charge is 0.395 e. The van der Waals surface area contributed by atoms with Gasteiger partial charge in [-0.15, -0.1) is 0 Å². The van der Waals surface area contributed by atoms with Gasteiger partial charge in [-0.05, 0) is 13.5 Å². The van der Waals surface area contributed by atoms with Crippen LogP contribution in [0.3, 0.4) is 0 Å². The van der Waals surface area contributed by atoms with Crippen molar-refractivity contribution in [1.29, 1.82) is 0 Å². The summed E-state index contributed by atoms with van der Waals surface area (Å²) in [6.45, 7) is 0.984. The molecule has 0 aromatic carbocycles. The zero-order chi connectivity index (χ0) is 14.0. The van der Waals surface area contributed by atoms with Gasteiger partial charge < -0.3 is 16.2 Å². The van der Waals surface area contributed by atoms with Gasteiger partial charge in [-0.3, -0.25) is 14.6 Å². The highest BCUT2D eigenvalue weighted by Crippen LogP contribution is 2.20. The van der Waals surface area contributed by atoms with E-state index in [-0.39, 0.29) is 18.7 Å². The lowest BCUT2D eigenvalue weighted by Gasteiger charge is -2.14. The molecular weight excluding hydrogens is 244 g/mol. The van der Waals surface area contributed by atoms with Gasteiger partial charge in [-0.2, -0.15) is 5.10 Å². The summed E-state index contributed by atoms with van der Waals surface area (Å²) in [7, 11) is 5.68. The number of aryl methyl sites for hydroxylation is 1. The highest BCUT2D eigenvalue weighted by molar-refractivity contribution is 6.01. The van der Waals surface area contributed by atoms with E-state index in [0.717, 1.165) is 24.3 Å². The molecule has 0 bridgehead atoms. The van der Waals surface area contributed by atoms with Crippen LogP contribution in [0, 0.1) is 0 Å². The predicted octanol–water partition coefficient (Wildman–Crippen LogP) is -0.768. The molecule has 1 saturated heterocycles. The van der Waals surface area contributed by atoms with Crippen molar-refractivity contribution in [3.05, 3.63) is 11.8 Å². The van der Waals surface area contributed by atoms with E-state index in [9.17, 15) is 5.11 Å². The number of nitrogens with one attached hydrogen (secondary N) is 1. The second-order valence-corrected chi connectivity index (χ2v) is 4.96. The molecule has 1 aromatic rings. The summed E-state index contributed by atoms with van der Waals surface area (Å²) in [6.07, 6.45) is 2.55. The topological polar surface area (TPSA) is 91.7 Å². The minimum absolute atomic E-state index is 0.132. The number of likely N-dealkylation sites (tertiary alicyclic amines) is 1. The number of aliphatic hydroxyl groups is 1. The van der Waals surface area contributed by atoms with Crippen molar-refractivity contribution in [3.63, 3.8) is 0 Å². The second kappa shape index (κ2) is 5.58. The Kier molecular flexibility index (Phi) is 4.06. The number of amidine groups is 1. The second-order valence-electron chi connectivity index (χ2n) is 4.96. The lowest BCUT2D eigenvalue weighted by molar-refractivity contribution is 0.182. The molecule has 7 nitrogen and oxygen atoms in total. The SMILES string of the molecule is CNc1c(C(N)=N[C@H]2C[C@@H](CO)N(C)C2)cnn1C. The standard InChI is InChI=1S/C12H22N6O/c1-14-12-10(5-15-18(12)3)11(13)16-8-4-9(7-19)17(2)6-8/h5,8-9,14,19H,4,6-7H2,1-3H3,(H2,13,16)/t8-,9-/m0/s1. The number of likely N-dealkylation sites (N-methyl/N-ethyl adjacent to an activating group) is 1. The third kappa shape index (κ3) is 2.71. The fourth-order valence-corrected chi connectivity index (χ4v) is 2.55. The first-order valence-electron chi connectivity index (χ1n) is 6.41. The maximum Gasteiger partial charge on any atom is 0.134 e. The Balaban J connectivity index is 2.15. The Bertz CT molecular complexity index is 469. The molecule has 0 spiro atoms. The molecule has 0 radical (unpaired) electrons. The van der Waals surface area contributed by atoms with Crippen LogP contribution in [0.15, 0.2) is 11.2 Å². The predicted molar refractivity (Wildman–Crippen MR) is 75.4 cm³/mol. The van der Waals surface area contributed by atoms with Gasteiger partial charge in [0, 0.05) is 26.7 Å². The van der Waals surface area contributed by atoms with Gasteiger partial charge >= 0.3 is 0 Å². The average Bonchev–Trinajstić information content (AvgIpc) is 2.92. The smallest absolute Gasteiger partial charge is 0.134 e. The fraction of sp³-hybridized carbons (Fsp3) is 0.667. The minimum Gasteiger partial charge on any atom is -0.395 e. The van der Waals surface area contributed by atoms with Crippen LogP contribution < -0.4 is 11.1 Å². The molecule has 1 aliphatic heterocycles. The number of rotatable bonds is 4. The van der Waals surface area contributed by atoms with Crippen molar-refractivity contribution in [3.8, 4) is 0 Å². The first kappa shape index (κ1) is 13.8. The van der Waals surface area contributed by atoms with Gasteiger partial charge in [0.1, 0.15) is 11.7 Å². The van der Waals surface area contributed by atoms with Gasteiger partial charge in [0.25, 0.3) is 0 Å². The Labute approximate surface area is 113 Å². The van der Waals surface area contributed by atoms with E-state index >= 15 is 0 Å². The number of hydrogen-bond donors (Lipinski definition) is 3. The van der Waals surface area contributed by atoms with Gasteiger partial charge in [-0.1, -0.05) is 0 Å². The van der Waals surface area contributed by atoms with Crippen LogP contribution in [0.1, 0.15) is 12.0 Å². The average molecular weight is 266 g/mol. The number of anilines is 1. The summed E-state index contributed by atoms with van der Waals surface area (Å²) in [5.41, 5.74) is 6.89. The first-order chi connectivity index (χ1) is 9.06. The molecule has 0 amide bonds. The molecule has 2 heterocycles. The van der Waals surface area contributed by atoms with Crippen molar-refractivity contribution in [1.82, 2.24) is 14.7 Å². The molecule has 4 N–H and O–H groups in total. The zero-order valence-electron chi connectivity index (χ0n) is 11.7. The van der Waals surface area contributed by atoms with Crippen LogP contribution >= 0.6 is 0 Å². The third-order valence-electron chi connectivity index (χ3n) is 3.65.